The van der Waals surface area contributed by atoms with Gasteiger partial charge in [0.1, 0.15) is 0 Å². The molecular formula is C23H32N4O3. The number of ether oxygens (including phenoxy) is 1. The van der Waals surface area contributed by atoms with Crippen molar-refractivity contribution in [1.29, 1.82) is 0 Å². The second kappa shape index (κ2) is 8.46. The molecule has 7 heteroatoms. The van der Waals surface area contributed by atoms with E-state index in [0.717, 1.165) is 49.3 Å². The van der Waals surface area contributed by atoms with Gasteiger partial charge < -0.3 is 26.0 Å². The van der Waals surface area contributed by atoms with E-state index in [1.807, 2.05) is 12.1 Å². The molecule has 4 aliphatic rings. The molecule has 0 radical (unpaired) electrons. The number of rotatable bonds is 5. The number of anilines is 2. The summed E-state index contributed by atoms with van der Waals surface area (Å²) in [5, 5.41) is 11.8. The van der Waals surface area contributed by atoms with Gasteiger partial charge in [-0.3, -0.25) is 0 Å². The topological polar surface area (TPSA) is 91.5 Å². The molecule has 30 heavy (non-hydrogen) atoms. The summed E-state index contributed by atoms with van der Waals surface area (Å²) in [6.07, 6.45) is 8.73. The van der Waals surface area contributed by atoms with Crippen LogP contribution in [0.25, 0.3) is 0 Å². The van der Waals surface area contributed by atoms with Crippen LogP contribution < -0.4 is 21.3 Å². The summed E-state index contributed by atoms with van der Waals surface area (Å²) in [6.45, 7) is 1.30. The van der Waals surface area contributed by atoms with Gasteiger partial charge in [-0.15, -0.1) is 0 Å². The van der Waals surface area contributed by atoms with E-state index in [1.54, 1.807) is 12.1 Å². The van der Waals surface area contributed by atoms with E-state index in [1.165, 1.54) is 25.7 Å². The van der Waals surface area contributed by atoms with Crippen LogP contribution in [0.2, 0.25) is 0 Å². The standard InChI is InChI=1S/C23H32N4O3/c28-22(24-13-17-3-2-10-30-17)25-15-6-8-16(9-7-15)26-23(29)27-21-12-14-11-20(21)19-5-1-4-18(14)19/h6-9,14,17-21H,1-5,10-13H2,(H2,24,25,28)(H2,26,27,29). The van der Waals surface area contributed by atoms with Crippen LogP contribution in [0.4, 0.5) is 21.0 Å². The van der Waals surface area contributed by atoms with Gasteiger partial charge in [0.05, 0.1) is 6.10 Å². The molecule has 3 aliphatic carbocycles. The Morgan fingerprint density at radius 3 is 2.33 bits per heavy atom. The van der Waals surface area contributed by atoms with Crippen LogP contribution in [-0.2, 0) is 4.74 Å². The Labute approximate surface area is 177 Å². The van der Waals surface area contributed by atoms with Crippen LogP contribution in [0.1, 0.15) is 44.9 Å². The molecule has 6 unspecified atom stereocenters. The zero-order valence-corrected chi connectivity index (χ0v) is 17.4. The van der Waals surface area contributed by atoms with Crippen LogP contribution in [0, 0.1) is 23.7 Å². The van der Waals surface area contributed by atoms with Crippen LogP contribution in [-0.4, -0.2) is 37.4 Å². The molecule has 1 aliphatic heterocycles. The summed E-state index contributed by atoms with van der Waals surface area (Å²) in [5.41, 5.74) is 1.41. The maximum absolute atomic E-state index is 12.5. The molecule has 0 aromatic heterocycles. The van der Waals surface area contributed by atoms with Crippen LogP contribution >= 0.6 is 0 Å². The van der Waals surface area contributed by atoms with E-state index in [0.29, 0.717) is 24.2 Å². The fraction of sp³-hybridized carbons (Fsp3) is 0.652. The molecule has 4 fully saturated rings. The van der Waals surface area contributed by atoms with Gasteiger partial charge >= 0.3 is 12.1 Å². The normalized spacial score (nSPS) is 33.9. The van der Waals surface area contributed by atoms with Crippen molar-refractivity contribution in [2.24, 2.45) is 23.7 Å². The lowest BCUT2D eigenvalue weighted by atomic mass is 9.79. The Morgan fingerprint density at radius 1 is 0.867 bits per heavy atom. The summed E-state index contributed by atoms with van der Waals surface area (Å²) in [6, 6.07) is 7.15. The molecule has 1 aromatic carbocycles. The minimum atomic E-state index is -0.245. The zero-order valence-electron chi connectivity index (χ0n) is 17.4. The van der Waals surface area contributed by atoms with Gasteiger partial charge in [0.25, 0.3) is 0 Å². The van der Waals surface area contributed by atoms with E-state index in [2.05, 4.69) is 21.3 Å². The maximum atomic E-state index is 12.5. The van der Waals surface area contributed by atoms with Crippen molar-refractivity contribution in [2.75, 3.05) is 23.8 Å². The van der Waals surface area contributed by atoms with Crippen molar-refractivity contribution in [1.82, 2.24) is 10.6 Å². The van der Waals surface area contributed by atoms with Crippen molar-refractivity contribution in [3.8, 4) is 0 Å². The van der Waals surface area contributed by atoms with Gasteiger partial charge in [-0.25, -0.2) is 9.59 Å². The molecule has 4 N–H and O–H groups in total. The number of carbonyl (C=O) groups is 2. The van der Waals surface area contributed by atoms with E-state index in [-0.39, 0.29) is 18.2 Å². The third-order valence-corrected chi connectivity index (χ3v) is 7.66. The highest BCUT2D eigenvalue weighted by Gasteiger charge is 2.54. The SMILES string of the molecule is O=C(NCC1CCCO1)Nc1ccc(NC(=O)NC2CC3CC2C2CCCC32)cc1. The van der Waals surface area contributed by atoms with E-state index < -0.39 is 0 Å². The van der Waals surface area contributed by atoms with Crippen LogP contribution in [0.5, 0.6) is 0 Å². The smallest absolute Gasteiger partial charge is 0.319 e. The molecule has 5 rings (SSSR count). The van der Waals surface area contributed by atoms with Crippen molar-refractivity contribution < 1.29 is 14.3 Å². The number of hydrogen-bond donors (Lipinski definition) is 4. The molecule has 7 nitrogen and oxygen atoms in total. The number of benzene rings is 1. The van der Waals surface area contributed by atoms with Crippen molar-refractivity contribution in [3.63, 3.8) is 0 Å². The number of fused-ring (bicyclic) bond motifs is 5. The summed E-state index contributed by atoms with van der Waals surface area (Å²) in [7, 11) is 0. The first kappa shape index (κ1) is 19.7. The van der Waals surface area contributed by atoms with Gasteiger partial charge in [-0.05, 0) is 86.5 Å². The van der Waals surface area contributed by atoms with Crippen molar-refractivity contribution in [3.05, 3.63) is 24.3 Å². The van der Waals surface area contributed by atoms with Gasteiger partial charge in [0, 0.05) is 30.6 Å². The van der Waals surface area contributed by atoms with Gasteiger partial charge in [-0.2, -0.15) is 0 Å². The Morgan fingerprint density at radius 2 is 1.60 bits per heavy atom. The number of hydrogen-bond acceptors (Lipinski definition) is 3. The summed E-state index contributed by atoms with van der Waals surface area (Å²) in [4.78, 5) is 24.5. The predicted molar refractivity (Wildman–Crippen MR) is 115 cm³/mol. The van der Waals surface area contributed by atoms with Crippen molar-refractivity contribution >= 4 is 23.4 Å². The molecule has 1 aromatic rings. The average molecular weight is 413 g/mol. The van der Waals surface area contributed by atoms with Gasteiger partial charge in [0.2, 0.25) is 0 Å². The molecule has 0 spiro atoms. The molecule has 6 atom stereocenters. The summed E-state index contributed by atoms with van der Waals surface area (Å²) in [5.74, 6) is 3.27. The van der Waals surface area contributed by atoms with Crippen LogP contribution in [0.3, 0.4) is 0 Å². The second-order valence-electron chi connectivity index (χ2n) is 9.41. The fourth-order valence-corrected chi connectivity index (χ4v) is 6.39. The molecule has 1 heterocycles. The first-order valence-corrected chi connectivity index (χ1v) is 11.5. The lowest BCUT2D eigenvalue weighted by Crippen LogP contribution is -2.44. The third kappa shape index (κ3) is 4.13. The number of carbonyl (C=O) groups excluding carboxylic acids is 2. The molecule has 4 amide bonds. The van der Waals surface area contributed by atoms with Crippen molar-refractivity contribution in [2.45, 2.75) is 57.1 Å². The number of amides is 4. The Balaban J connectivity index is 1.07. The van der Waals surface area contributed by atoms with Crippen LogP contribution in [0.15, 0.2) is 24.3 Å². The summed E-state index contributed by atoms with van der Waals surface area (Å²) >= 11 is 0. The van der Waals surface area contributed by atoms with E-state index in [9.17, 15) is 9.59 Å². The highest BCUT2D eigenvalue weighted by atomic mass is 16.5. The lowest BCUT2D eigenvalue weighted by molar-refractivity contribution is 0.112. The number of urea groups is 2. The largest absolute Gasteiger partial charge is 0.376 e. The fourth-order valence-electron chi connectivity index (χ4n) is 6.39. The first-order chi connectivity index (χ1) is 14.7. The summed E-state index contributed by atoms with van der Waals surface area (Å²) < 4.78 is 5.50. The molecule has 3 saturated carbocycles. The van der Waals surface area contributed by atoms with Gasteiger partial charge in [0.15, 0.2) is 0 Å². The lowest BCUT2D eigenvalue weighted by Gasteiger charge is -2.32. The third-order valence-electron chi connectivity index (χ3n) is 7.66. The highest BCUT2D eigenvalue weighted by molar-refractivity contribution is 5.91. The quantitative estimate of drug-likeness (QED) is 0.590. The average Bonchev–Trinajstić information content (AvgIpc) is 3.50. The predicted octanol–water partition coefficient (Wildman–Crippen LogP) is 3.93. The number of nitrogens with one attached hydrogen (secondary N) is 4. The molecular weight excluding hydrogens is 380 g/mol. The molecule has 1 saturated heterocycles. The Kier molecular flexibility index (Phi) is 5.54. The Hall–Kier alpha value is -2.28. The van der Waals surface area contributed by atoms with Gasteiger partial charge in [-0.1, -0.05) is 6.42 Å². The Bertz CT molecular complexity index is 777. The van der Waals surface area contributed by atoms with E-state index >= 15 is 0 Å². The minimum Gasteiger partial charge on any atom is -0.376 e. The van der Waals surface area contributed by atoms with E-state index in [4.69, 9.17) is 4.74 Å². The molecule has 2 bridgehead atoms. The first-order valence-electron chi connectivity index (χ1n) is 11.5. The minimum absolute atomic E-state index is 0.121. The zero-order chi connectivity index (χ0) is 20.5. The monoisotopic (exact) mass is 412 g/mol. The second-order valence-corrected chi connectivity index (χ2v) is 9.41. The highest BCUT2D eigenvalue weighted by Crippen LogP contribution is 2.58. The maximum Gasteiger partial charge on any atom is 0.319 e. The molecule has 162 valence electrons.